The zero-order valence-corrected chi connectivity index (χ0v) is 9.51. The Kier molecular flexibility index (Phi) is 3.36. The van der Waals surface area contributed by atoms with Crippen molar-refractivity contribution in [2.75, 3.05) is 5.32 Å². The number of H-pyrrole nitrogens is 1. The first-order valence-corrected chi connectivity index (χ1v) is 5.46. The van der Waals surface area contributed by atoms with Crippen LogP contribution in [0.25, 0.3) is 0 Å². The first-order valence-electron chi connectivity index (χ1n) is 5.46. The van der Waals surface area contributed by atoms with E-state index in [2.05, 4.69) is 33.3 Å². The largest absolute Gasteiger partial charge is 0.359 e. The Balaban J connectivity index is 2.22. The first-order chi connectivity index (χ1) is 8.35. The van der Waals surface area contributed by atoms with Gasteiger partial charge >= 0.3 is 0 Å². The van der Waals surface area contributed by atoms with Gasteiger partial charge in [0, 0.05) is 18.6 Å². The Morgan fingerprint density at radius 3 is 3.00 bits per heavy atom. The fourth-order valence-corrected chi connectivity index (χ4v) is 1.61. The predicted molar refractivity (Wildman–Crippen MR) is 64.2 cm³/mol. The Labute approximate surface area is 99.5 Å². The van der Waals surface area contributed by atoms with E-state index in [0.717, 1.165) is 12.2 Å². The molecule has 2 heterocycles. The number of imidazole rings is 1. The van der Waals surface area contributed by atoms with Gasteiger partial charge in [0.15, 0.2) is 0 Å². The summed E-state index contributed by atoms with van der Waals surface area (Å²) in [6, 6.07) is 5.64. The summed E-state index contributed by atoms with van der Waals surface area (Å²) in [5.74, 6) is 1.44. The Bertz CT molecular complexity index is 512. The van der Waals surface area contributed by atoms with Crippen LogP contribution in [0.1, 0.15) is 30.8 Å². The van der Waals surface area contributed by atoms with Gasteiger partial charge in [0.25, 0.3) is 0 Å². The molecule has 0 saturated carbocycles. The summed E-state index contributed by atoms with van der Waals surface area (Å²) in [7, 11) is 0. The molecule has 2 rings (SSSR count). The molecule has 0 aliphatic carbocycles. The highest BCUT2D eigenvalue weighted by atomic mass is 15.1. The standard InChI is InChI=1S/C12H13N5/c1-2-10(12-15-6-7-16-12)17-11-9(8-13)4-3-5-14-11/h3-7,10H,2H2,1H3,(H,14,17)(H,15,16). The highest BCUT2D eigenvalue weighted by molar-refractivity contribution is 5.52. The van der Waals surface area contributed by atoms with E-state index < -0.39 is 0 Å². The molecule has 5 heteroatoms. The molecule has 1 unspecified atom stereocenters. The lowest BCUT2D eigenvalue weighted by Gasteiger charge is -2.15. The topological polar surface area (TPSA) is 77.4 Å². The number of anilines is 1. The Morgan fingerprint density at radius 1 is 1.47 bits per heavy atom. The third kappa shape index (κ3) is 2.42. The zero-order chi connectivity index (χ0) is 12.1. The summed E-state index contributed by atoms with van der Waals surface area (Å²) in [5.41, 5.74) is 0.539. The van der Waals surface area contributed by atoms with Gasteiger partial charge in [-0.3, -0.25) is 0 Å². The number of aromatic amines is 1. The van der Waals surface area contributed by atoms with Crippen LogP contribution in [-0.4, -0.2) is 15.0 Å². The number of pyridine rings is 1. The third-order valence-electron chi connectivity index (χ3n) is 2.50. The molecule has 0 fully saturated rings. The summed E-state index contributed by atoms with van der Waals surface area (Å²) >= 11 is 0. The lowest BCUT2D eigenvalue weighted by molar-refractivity contribution is 0.700. The van der Waals surface area contributed by atoms with Crippen molar-refractivity contribution in [3.8, 4) is 6.07 Å². The maximum atomic E-state index is 8.98. The molecule has 1 atom stereocenters. The number of hydrogen-bond donors (Lipinski definition) is 2. The van der Waals surface area contributed by atoms with Gasteiger partial charge in [-0.1, -0.05) is 6.92 Å². The van der Waals surface area contributed by atoms with Gasteiger partial charge in [0.05, 0.1) is 11.6 Å². The van der Waals surface area contributed by atoms with Gasteiger partial charge in [-0.2, -0.15) is 5.26 Å². The highest BCUT2D eigenvalue weighted by Gasteiger charge is 2.13. The molecule has 2 aromatic rings. The molecule has 5 nitrogen and oxygen atoms in total. The number of nitrogens with one attached hydrogen (secondary N) is 2. The van der Waals surface area contributed by atoms with Crippen LogP contribution >= 0.6 is 0 Å². The van der Waals surface area contributed by atoms with Gasteiger partial charge in [0.1, 0.15) is 17.7 Å². The van der Waals surface area contributed by atoms with Crippen LogP contribution in [0, 0.1) is 11.3 Å². The SMILES string of the molecule is CCC(Nc1ncccc1C#N)c1ncc[nH]1. The quantitative estimate of drug-likeness (QED) is 0.839. The van der Waals surface area contributed by atoms with Crippen LogP contribution in [0.5, 0.6) is 0 Å². The molecule has 86 valence electrons. The summed E-state index contributed by atoms with van der Waals surface area (Å²) in [6.45, 7) is 2.05. The van der Waals surface area contributed by atoms with Crippen LogP contribution in [0.2, 0.25) is 0 Å². The van der Waals surface area contributed by atoms with Gasteiger partial charge in [-0.15, -0.1) is 0 Å². The van der Waals surface area contributed by atoms with Crippen molar-refractivity contribution in [3.63, 3.8) is 0 Å². The smallest absolute Gasteiger partial charge is 0.144 e. The maximum Gasteiger partial charge on any atom is 0.144 e. The molecular formula is C12H13N5. The number of nitriles is 1. The molecule has 2 N–H and O–H groups in total. The van der Waals surface area contributed by atoms with Gasteiger partial charge in [-0.05, 0) is 18.6 Å². The molecule has 0 amide bonds. The third-order valence-corrected chi connectivity index (χ3v) is 2.50. The summed E-state index contributed by atoms with van der Waals surface area (Å²) in [4.78, 5) is 11.4. The fraction of sp³-hybridized carbons (Fsp3) is 0.250. The van der Waals surface area contributed by atoms with Crippen molar-refractivity contribution in [2.45, 2.75) is 19.4 Å². The van der Waals surface area contributed by atoms with E-state index in [0.29, 0.717) is 11.4 Å². The van der Waals surface area contributed by atoms with Crippen molar-refractivity contribution in [1.82, 2.24) is 15.0 Å². The van der Waals surface area contributed by atoms with Crippen molar-refractivity contribution in [3.05, 3.63) is 42.1 Å². The second-order valence-corrected chi connectivity index (χ2v) is 3.59. The maximum absolute atomic E-state index is 8.98. The van der Waals surface area contributed by atoms with E-state index in [1.165, 1.54) is 0 Å². The number of rotatable bonds is 4. The number of hydrogen-bond acceptors (Lipinski definition) is 4. The van der Waals surface area contributed by atoms with Crippen molar-refractivity contribution < 1.29 is 0 Å². The van der Waals surface area contributed by atoms with E-state index in [9.17, 15) is 0 Å². The molecule has 0 spiro atoms. The fourth-order valence-electron chi connectivity index (χ4n) is 1.61. The lowest BCUT2D eigenvalue weighted by atomic mass is 10.2. The molecule has 0 bridgehead atoms. The Morgan fingerprint density at radius 2 is 2.35 bits per heavy atom. The predicted octanol–water partition coefficient (Wildman–Crippen LogP) is 2.24. The molecule has 0 radical (unpaired) electrons. The highest BCUT2D eigenvalue weighted by Crippen LogP contribution is 2.20. The average Bonchev–Trinajstić information content (AvgIpc) is 2.90. The molecule has 0 aromatic carbocycles. The first kappa shape index (κ1) is 11.1. The van der Waals surface area contributed by atoms with E-state index in [4.69, 9.17) is 5.26 Å². The van der Waals surface area contributed by atoms with E-state index in [1.54, 1.807) is 30.7 Å². The van der Waals surface area contributed by atoms with E-state index in [1.807, 2.05) is 0 Å². The van der Waals surface area contributed by atoms with Crippen LogP contribution < -0.4 is 5.32 Å². The zero-order valence-electron chi connectivity index (χ0n) is 9.51. The minimum Gasteiger partial charge on any atom is -0.359 e. The van der Waals surface area contributed by atoms with Crippen LogP contribution in [0.3, 0.4) is 0 Å². The summed E-state index contributed by atoms with van der Waals surface area (Å²) in [5, 5.41) is 12.2. The second kappa shape index (κ2) is 5.12. The van der Waals surface area contributed by atoms with Gasteiger partial charge in [0.2, 0.25) is 0 Å². The molecule has 0 saturated heterocycles. The summed E-state index contributed by atoms with van der Waals surface area (Å²) < 4.78 is 0. The molecule has 0 aliphatic rings. The van der Waals surface area contributed by atoms with Crippen molar-refractivity contribution in [1.29, 1.82) is 5.26 Å². The molecule has 2 aromatic heterocycles. The minimum atomic E-state index is 0.0343. The average molecular weight is 227 g/mol. The lowest BCUT2D eigenvalue weighted by Crippen LogP contribution is -2.13. The number of aromatic nitrogens is 3. The van der Waals surface area contributed by atoms with E-state index >= 15 is 0 Å². The van der Waals surface area contributed by atoms with Gasteiger partial charge in [-0.25, -0.2) is 9.97 Å². The van der Waals surface area contributed by atoms with E-state index in [-0.39, 0.29) is 6.04 Å². The van der Waals surface area contributed by atoms with Crippen LogP contribution in [0.15, 0.2) is 30.7 Å². The molecular weight excluding hydrogens is 214 g/mol. The minimum absolute atomic E-state index is 0.0343. The molecule has 17 heavy (non-hydrogen) atoms. The van der Waals surface area contributed by atoms with Gasteiger partial charge < -0.3 is 10.3 Å². The molecule has 0 aliphatic heterocycles. The van der Waals surface area contributed by atoms with Crippen molar-refractivity contribution in [2.24, 2.45) is 0 Å². The van der Waals surface area contributed by atoms with Crippen LogP contribution in [0.4, 0.5) is 5.82 Å². The normalized spacial score (nSPS) is 11.8. The Hall–Kier alpha value is -2.35. The monoisotopic (exact) mass is 227 g/mol. The summed E-state index contributed by atoms with van der Waals surface area (Å²) in [6.07, 6.45) is 6.01. The van der Waals surface area contributed by atoms with Crippen LogP contribution in [-0.2, 0) is 0 Å². The van der Waals surface area contributed by atoms with Crippen molar-refractivity contribution >= 4 is 5.82 Å². The second-order valence-electron chi connectivity index (χ2n) is 3.59. The number of nitrogens with zero attached hydrogens (tertiary/aromatic N) is 3.